The van der Waals surface area contributed by atoms with Crippen molar-refractivity contribution in [3.63, 3.8) is 0 Å². The van der Waals surface area contributed by atoms with Gasteiger partial charge >= 0.3 is 0 Å². The Kier molecular flexibility index (Phi) is 8.72. The first-order valence-corrected chi connectivity index (χ1v) is 9.86. The number of hydrogen-bond donors (Lipinski definition) is 0. The Labute approximate surface area is 136 Å². The summed E-state index contributed by atoms with van der Waals surface area (Å²) < 4.78 is 29.2. The van der Waals surface area contributed by atoms with Crippen molar-refractivity contribution < 1.29 is 12.6 Å². The van der Waals surface area contributed by atoms with Crippen molar-refractivity contribution in [2.45, 2.75) is 70.6 Å². The lowest BCUT2D eigenvalue weighted by Crippen LogP contribution is -2.09. The van der Waals surface area contributed by atoms with E-state index in [1.54, 1.807) is 24.3 Å². The molecule has 0 aliphatic carbocycles. The molecule has 0 aromatic heterocycles. The lowest BCUT2D eigenvalue weighted by Gasteiger charge is -2.14. The summed E-state index contributed by atoms with van der Waals surface area (Å²) in [5.74, 6) is 0.692. The summed E-state index contributed by atoms with van der Waals surface area (Å²) in [5.41, 5.74) is 1.04. The van der Waals surface area contributed by atoms with Crippen LogP contribution in [-0.2, 0) is 14.3 Å². The third-order valence-corrected chi connectivity index (χ3v) is 5.42. The molecule has 1 atom stereocenters. The van der Waals surface area contributed by atoms with Crippen LogP contribution in [0.1, 0.15) is 64.4 Å². The van der Waals surface area contributed by atoms with Gasteiger partial charge in [-0.1, -0.05) is 63.6 Å². The average Bonchev–Trinajstić information content (AvgIpc) is 2.50. The molecule has 0 amide bonds. The van der Waals surface area contributed by atoms with Crippen molar-refractivity contribution in [2.75, 3.05) is 6.61 Å². The molecule has 0 bridgehead atoms. The zero-order chi connectivity index (χ0) is 16.4. The Morgan fingerprint density at radius 3 is 2.23 bits per heavy atom. The Morgan fingerprint density at radius 2 is 1.64 bits per heavy atom. The van der Waals surface area contributed by atoms with Crippen LogP contribution in [0.15, 0.2) is 29.2 Å². The molecule has 0 N–H and O–H groups in total. The maximum absolute atomic E-state index is 12.0. The Balaban J connectivity index is 2.34. The molecule has 0 aliphatic rings. The highest BCUT2D eigenvalue weighted by Gasteiger charge is 2.15. The van der Waals surface area contributed by atoms with E-state index in [2.05, 4.69) is 13.8 Å². The first kappa shape index (κ1) is 19.2. The average molecular weight is 327 g/mol. The van der Waals surface area contributed by atoms with Crippen LogP contribution in [-0.4, -0.2) is 15.0 Å². The summed E-state index contributed by atoms with van der Waals surface area (Å²) in [4.78, 5) is 0.244. The van der Waals surface area contributed by atoms with E-state index < -0.39 is 10.1 Å². The van der Waals surface area contributed by atoms with E-state index in [1.807, 2.05) is 6.92 Å². The van der Waals surface area contributed by atoms with Crippen molar-refractivity contribution in [3.8, 4) is 0 Å². The minimum Gasteiger partial charge on any atom is -0.266 e. The van der Waals surface area contributed by atoms with Gasteiger partial charge < -0.3 is 0 Å². The van der Waals surface area contributed by atoms with Gasteiger partial charge in [0.25, 0.3) is 10.1 Å². The van der Waals surface area contributed by atoms with Gasteiger partial charge in [0, 0.05) is 0 Å². The van der Waals surface area contributed by atoms with Crippen molar-refractivity contribution in [1.29, 1.82) is 0 Å². The molecule has 0 aliphatic heterocycles. The largest absolute Gasteiger partial charge is 0.296 e. The van der Waals surface area contributed by atoms with E-state index in [-0.39, 0.29) is 11.5 Å². The van der Waals surface area contributed by atoms with Crippen LogP contribution >= 0.6 is 0 Å². The molecule has 0 unspecified atom stereocenters. The zero-order valence-electron chi connectivity index (χ0n) is 14.2. The van der Waals surface area contributed by atoms with Crippen LogP contribution in [0.3, 0.4) is 0 Å². The van der Waals surface area contributed by atoms with Gasteiger partial charge in [0.05, 0.1) is 11.5 Å². The molecule has 0 heterocycles. The van der Waals surface area contributed by atoms with Crippen LogP contribution in [0, 0.1) is 12.8 Å². The van der Waals surface area contributed by atoms with Crippen LogP contribution in [0.4, 0.5) is 0 Å². The van der Waals surface area contributed by atoms with Crippen molar-refractivity contribution in [1.82, 2.24) is 0 Å². The van der Waals surface area contributed by atoms with Gasteiger partial charge in [-0.25, -0.2) is 0 Å². The van der Waals surface area contributed by atoms with Gasteiger partial charge in [0.2, 0.25) is 0 Å². The number of hydrogen-bond acceptors (Lipinski definition) is 3. The first-order chi connectivity index (χ1) is 10.5. The smallest absolute Gasteiger partial charge is 0.266 e. The molecule has 0 radical (unpaired) electrons. The van der Waals surface area contributed by atoms with Gasteiger partial charge in [0.1, 0.15) is 0 Å². The van der Waals surface area contributed by atoms with E-state index in [9.17, 15) is 8.42 Å². The maximum Gasteiger partial charge on any atom is 0.296 e. The van der Waals surface area contributed by atoms with Crippen molar-refractivity contribution >= 4 is 10.1 Å². The topological polar surface area (TPSA) is 43.4 Å². The second-order valence-electron chi connectivity index (χ2n) is 6.00. The van der Waals surface area contributed by atoms with E-state index in [4.69, 9.17) is 4.18 Å². The highest BCUT2D eigenvalue weighted by molar-refractivity contribution is 7.86. The van der Waals surface area contributed by atoms with Crippen LogP contribution in [0.5, 0.6) is 0 Å². The maximum atomic E-state index is 12.0. The fraction of sp³-hybridized carbons (Fsp3) is 0.667. The second-order valence-corrected chi connectivity index (χ2v) is 7.62. The molecule has 0 saturated carbocycles. The molecule has 0 spiro atoms. The second kappa shape index (κ2) is 10.0. The molecule has 1 aromatic carbocycles. The third-order valence-electron chi connectivity index (χ3n) is 4.10. The normalized spacial score (nSPS) is 13.2. The van der Waals surface area contributed by atoms with E-state index >= 15 is 0 Å². The predicted molar refractivity (Wildman–Crippen MR) is 91.5 cm³/mol. The highest BCUT2D eigenvalue weighted by atomic mass is 32.2. The molecule has 126 valence electrons. The summed E-state index contributed by atoms with van der Waals surface area (Å²) in [6.07, 6.45) is 8.06. The summed E-state index contributed by atoms with van der Waals surface area (Å²) in [6.45, 7) is 6.63. The molecule has 1 aromatic rings. The molecular formula is C18H30O3S. The minimum absolute atomic E-state index is 0.244. The lowest BCUT2D eigenvalue weighted by molar-refractivity contribution is 0.287. The van der Waals surface area contributed by atoms with Crippen LogP contribution < -0.4 is 0 Å². The molecule has 22 heavy (non-hydrogen) atoms. The standard InChI is InChI=1S/C18H30O3S/c1-4-6-7-9-17(5-2)10-8-15-21-22(19,20)18-13-11-16(3)12-14-18/h11-14,17H,4-10,15H2,1-3H3/t17-/m1/s1. The number of aryl methyl sites for hydroxylation is 1. The number of unbranched alkanes of at least 4 members (excludes halogenated alkanes) is 2. The van der Waals surface area contributed by atoms with E-state index in [0.29, 0.717) is 5.92 Å². The van der Waals surface area contributed by atoms with Gasteiger partial charge in [-0.3, -0.25) is 4.18 Å². The fourth-order valence-electron chi connectivity index (χ4n) is 2.55. The molecular weight excluding hydrogens is 296 g/mol. The molecule has 1 rings (SSSR count). The van der Waals surface area contributed by atoms with Gasteiger partial charge in [0.15, 0.2) is 0 Å². The monoisotopic (exact) mass is 326 g/mol. The number of benzene rings is 1. The van der Waals surface area contributed by atoms with E-state index in [1.165, 1.54) is 25.7 Å². The predicted octanol–water partition coefficient (Wildman–Crippen LogP) is 5.09. The number of rotatable bonds is 11. The SMILES string of the molecule is CCCCC[C@@H](CC)CCCOS(=O)(=O)c1ccc(C)cc1. The quantitative estimate of drug-likeness (QED) is 0.420. The summed E-state index contributed by atoms with van der Waals surface area (Å²) in [5, 5.41) is 0. The van der Waals surface area contributed by atoms with E-state index in [0.717, 1.165) is 24.8 Å². The Hall–Kier alpha value is -0.870. The van der Waals surface area contributed by atoms with Crippen LogP contribution in [0.25, 0.3) is 0 Å². The van der Waals surface area contributed by atoms with Gasteiger partial charge in [-0.2, -0.15) is 8.42 Å². The summed E-state index contributed by atoms with van der Waals surface area (Å²) in [6, 6.07) is 6.78. The molecule has 4 heteroatoms. The Bertz CT molecular complexity index is 506. The molecule has 3 nitrogen and oxygen atoms in total. The Morgan fingerprint density at radius 1 is 1.00 bits per heavy atom. The summed E-state index contributed by atoms with van der Waals surface area (Å²) >= 11 is 0. The van der Waals surface area contributed by atoms with Crippen molar-refractivity contribution in [2.24, 2.45) is 5.92 Å². The summed E-state index contributed by atoms with van der Waals surface area (Å²) in [7, 11) is -3.60. The van der Waals surface area contributed by atoms with Crippen LogP contribution in [0.2, 0.25) is 0 Å². The molecule has 0 saturated heterocycles. The third kappa shape index (κ3) is 6.93. The zero-order valence-corrected chi connectivity index (χ0v) is 15.0. The fourth-order valence-corrected chi connectivity index (χ4v) is 3.49. The first-order valence-electron chi connectivity index (χ1n) is 8.45. The minimum atomic E-state index is -3.60. The lowest BCUT2D eigenvalue weighted by atomic mass is 9.94. The van der Waals surface area contributed by atoms with Gasteiger partial charge in [-0.15, -0.1) is 0 Å². The van der Waals surface area contributed by atoms with Gasteiger partial charge in [-0.05, 0) is 37.8 Å². The van der Waals surface area contributed by atoms with Crippen molar-refractivity contribution in [3.05, 3.63) is 29.8 Å². The molecule has 0 fully saturated rings. The highest BCUT2D eigenvalue weighted by Crippen LogP contribution is 2.20.